The SMILES string of the molecule is COc1cc(C(=O)Nc2ccc(-c3ccccc3C(F)(F)F)c(COCCCO)c2)ccc1S(N)(=O)=O. The molecule has 3 aromatic carbocycles. The molecule has 0 spiro atoms. The number of hydrogen-bond donors (Lipinski definition) is 3. The lowest BCUT2D eigenvalue weighted by Crippen LogP contribution is -2.16. The molecular weight excluding hydrogens is 513 g/mol. The molecule has 1 amide bonds. The van der Waals surface area contributed by atoms with Crippen LogP contribution in [0.15, 0.2) is 65.6 Å². The summed E-state index contributed by atoms with van der Waals surface area (Å²) in [5, 5.41) is 16.8. The molecule has 0 bridgehead atoms. The second kappa shape index (κ2) is 11.7. The third-order valence-electron chi connectivity index (χ3n) is 5.32. The average Bonchev–Trinajstić information content (AvgIpc) is 2.85. The molecule has 0 saturated carbocycles. The fraction of sp³-hybridized carbons (Fsp3) is 0.240. The first kappa shape index (κ1) is 28.1. The van der Waals surface area contributed by atoms with Crippen LogP contribution in [-0.2, 0) is 27.5 Å². The maximum Gasteiger partial charge on any atom is 0.417 e. The van der Waals surface area contributed by atoms with Gasteiger partial charge in [-0.25, -0.2) is 13.6 Å². The number of sulfonamides is 1. The lowest BCUT2D eigenvalue weighted by Gasteiger charge is -2.17. The Hall–Kier alpha value is -3.45. The summed E-state index contributed by atoms with van der Waals surface area (Å²) < 4.78 is 74.9. The van der Waals surface area contributed by atoms with Crippen molar-refractivity contribution in [3.05, 3.63) is 77.4 Å². The number of carbonyl (C=O) groups is 1. The van der Waals surface area contributed by atoms with Gasteiger partial charge in [0, 0.05) is 24.5 Å². The highest BCUT2D eigenvalue weighted by atomic mass is 32.2. The Kier molecular flexibility index (Phi) is 8.92. The van der Waals surface area contributed by atoms with Crippen molar-refractivity contribution < 1.29 is 41.0 Å². The van der Waals surface area contributed by atoms with Crippen LogP contribution in [-0.4, -0.2) is 39.8 Å². The highest BCUT2D eigenvalue weighted by molar-refractivity contribution is 7.89. The molecule has 0 aromatic heterocycles. The smallest absolute Gasteiger partial charge is 0.417 e. The van der Waals surface area contributed by atoms with Crippen LogP contribution < -0.4 is 15.2 Å². The van der Waals surface area contributed by atoms with Crippen molar-refractivity contribution in [2.24, 2.45) is 5.14 Å². The zero-order valence-electron chi connectivity index (χ0n) is 19.7. The van der Waals surface area contributed by atoms with Crippen molar-refractivity contribution in [1.82, 2.24) is 0 Å². The van der Waals surface area contributed by atoms with Crippen LogP contribution in [0.5, 0.6) is 5.75 Å². The first-order valence-corrected chi connectivity index (χ1v) is 12.5. The number of amides is 1. The van der Waals surface area contributed by atoms with E-state index in [1.807, 2.05) is 0 Å². The van der Waals surface area contributed by atoms with E-state index in [1.165, 1.54) is 55.6 Å². The predicted octanol–water partition coefficient (Wildman–Crippen LogP) is 4.18. The molecule has 3 aromatic rings. The Morgan fingerprint density at radius 2 is 1.78 bits per heavy atom. The number of aliphatic hydroxyl groups is 1. The van der Waals surface area contributed by atoms with Gasteiger partial charge in [0.15, 0.2) is 0 Å². The molecule has 0 aliphatic rings. The number of nitrogens with two attached hydrogens (primary N) is 1. The molecule has 0 unspecified atom stereocenters. The summed E-state index contributed by atoms with van der Waals surface area (Å²) in [6.07, 6.45) is -4.23. The molecule has 0 fully saturated rings. The van der Waals surface area contributed by atoms with Gasteiger partial charge < -0.3 is 19.9 Å². The molecule has 0 heterocycles. The van der Waals surface area contributed by atoms with Gasteiger partial charge in [-0.1, -0.05) is 24.3 Å². The summed E-state index contributed by atoms with van der Waals surface area (Å²) in [7, 11) is -2.85. The Morgan fingerprint density at radius 1 is 1.05 bits per heavy atom. The summed E-state index contributed by atoms with van der Waals surface area (Å²) in [6.45, 7) is 0.0132. The number of nitrogens with one attached hydrogen (secondary N) is 1. The highest BCUT2D eigenvalue weighted by Crippen LogP contribution is 2.39. The predicted molar refractivity (Wildman–Crippen MR) is 131 cm³/mol. The molecule has 37 heavy (non-hydrogen) atoms. The van der Waals surface area contributed by atoms with Crippen LogP contribution in [0.2, 0.25) is 0 Å². The van der Waals surface area contributed by atoms with E-state index in [0.29, 0.717) is 12.0 Å². The van der Waals surface area contributed by atoms with Crippen LogP contribution in [0.4, 0.5) is 18.9 Å². The lowest BCUT2D eigenvalue weighted by atomic mass is 9.94. The zero-order valence-corrected chi connectivity index (χ0v) is 20.5. The minimum Gasteiger partial charge on any atom is -0.495 e. The molecule has 0 radical (unpaired) electrons. The molecule has 198 valence electrons. The highest BCUT2D eigenvalue weighted by Gasteiger charge is 2.33. The number of alkyl halides is 3. The van der Waals surface area contributed by atoms with Gasteiger partial charge >= 0.3 is 6.18 Å². The maximum atomic E-state index is 13.6. The van der Waals surface area contributed by atoms with Crippen LogP contribution in [0.1, 0.15) is 27.9 Å². The van der Waals surface area contributed by atoms with Gasteiger partial charge in [-0.15, -0.1) is 0 Å². The summed E-state index contributed by atoms with van der Waals surface area (Å²) in [6, 6.07) is 13.1. The monoisotopic (exact) mass is 538 g/mol. The van der Waals surface area contributed by atoms with E-state index in [1.54, 1.807) is 0 Å². The van der Waals surface area contributed by atoms with Crippen LogP contribution >= 0.6 is 0 Å². The van der Waals surface area contributed by atoms with Gasteiger partial charge in [-0.2, -0.15) is 13.2 Å². The first-order chi connectivity index (χ1) is 17.5. The molecule has 0 aliphatic carbocycles. The van der Waals surface area contributed by atoms with E-state index < -0.39 is 27.7 Å². The number of halogens is 3. The van der Waals surface area contributed by atoms with E-state index in [2.05, 4.69) is 5.32 Å². The Labute approximate surface area is 211 Å². The van der Waals surface area contributed by atoms with Crippen LogP contribution in [0, 0.1) is 0 Å². The molecule has 0 aliphatic heterocycles. The zero-order chi connectivity index (χ0) is 27.2. The molecule has 8 nitrogen and oxygen atoms in total. The number of methoxy groups -OCH3 is 1. The second-order valence-corrected chi connectivity index (χ2v) is 9.44. The maximum absolute atomic E-state index is 13.6. The van der Waals surface area contributed by atoms with Crippen molar-refractivity contribution in [2.75, 3.05) is 25.6 Å². The number of ether oxygens (including phenoxy) is 2. The normalized spacial score (nSPS) is 11.8. The first-order valence-electron chi connectivity index (χ1n) is 11.0. The number of rotatable bonds is 10. The number of primary sulfonamides is 1. The molecule has 12 heteroatoms. The van der Waals surface area contributed by atoms with E-state index in [-0.39, 0.29) is 52.8 Å². The number of benzene rings is 3. The summed E-state index contributed by atoms with van der Waals surface area (Å²) in [5.41, 5.74) is 0.135. The quantitative estimate of drug-likeness (QED) is 0.332. The minimum atomic E-state index is -4.58. The van der Waals surface area contributed by atoms with Gasteiger partial charge in [-0.3, -0.25) is 4.79 Å². The molecule has 3 rings (SSSR count). The van der Waals surface area contributed by atoms with Crippen LogP contribution in [0.3, 0.4) is 0 Å². The van der Waals surface area contributed by atoms with Gasteiger partial charge in [0.05, 0.1) is 19.3 Å². The summed E-state index contributed by atoms with van der Waals surface area (Å²) in [4.78, 5) is 12.5. The number of hydrogen-bond acceptors (Lipinski definition) is 6. The Balaban J connectivity index is 1.96. The summed E-state index contributed by atoms with van der Waals surface area (Å²) in [5.74, 6) is -0.734. The van der Waals surface area contributed by atoms with Crippen molar-refractivity contribution in [3.63, 3.8) is 0 Å². The van der Waals surface area contributed by atoms with Gasteiger partial charge in [0.25, 0.3) is 5.91 Å². The molecule has 4 N–H and O–H groups in total. The second-order valence-electron chi connectivity index (χ2n) is 7.91. The van der Waals surface area contributed by atoms with Gasteiger partial charge in [0.1, 0.15) is 10.6 Å². The van der Waals surface area contributed by atoms with E-state index in [0.717, 1.165) is 12.1 Å². The van der Waals surface area contributed by atoms with Gasteiger partial charge in [-0.05, 0) is 59.5 Å². The van der Waals surface area contributed by atoms with Crippen molar-refractivity contribution in [2.45, 2.75) is 24.1 Å². The third kappa shape index (κ3) is 7.07. The summed E-state index contributed by atoms with van der Waals surface area (Å²) >= 11 is 0. The molecule has 0 saturated heterocycles. The van der Waals surface area contributed by atoms with E-state index in [4.69, 9.17) is 19.7 Å². The number of carbonyl (C=O) groups excluding carboxylic acids is 1. The van der Waals surface area contributed by atoms with Gasteiger partial charge in [0.2, 0.25) is 10.0 Å². The minimum absolute atomic E-state index is 0.0445. The Bertz CT molecular complexity index is 1380. The van der Waals surface area contributed by atoms with Crippen molar-refractivity contribution in [1.29, 1.82) is 0 Å². The van der Waals surface area contributed by atoms with Crippen molar-refractivity contribution >= 4 is 21.6 Å². The van der Waals surface area contributed by atoms with E-state index in [9.17, 15) is 26.4 Å². The molecule has 0 atom stereocenters. The largest absolute Gasteiger partial charge is 0.495 e. The number of aliphatic hydroxyl groups excluding tert-OH is 1. The topological polar surface area (TPSA) is 128 Å². The Morgan fingerprint density at radius 3 is 2.43 bits per heavy atom. The number of anilines is 1. The fourth-order valence-electron chi connectivity index (χ4n) is 3.61. The van der Waals surface area contributed by atoms with Crippen molar-refractivity contribution in [3.8, 4) is 16.9 Å². The third-order valence-corrected chi connectivity index (χ3v) is 6.27. The standard InChI is InChI=1S/C25H25F3N2O6S/c1-35-22-14-16(7-10-23(22)37(29,33)34)24(32)30-18-8-9-19(17(13-18)15-36-12-4-11-31)20-5-2-3-6-21(20)25(26,27)28/h2-3,5-10,13-14,31H,4,11-12,15H2,1H3,(H,30,32)(H2,29,33,34). The lowest BCUT2D eigenvalue weighted by molar-refractivity contribution is -0.137. The molecular formula is C25H25F3N2O6S. The average molecular weight is 539 g/mol. The fourth-order valence-corrected chi connectivity index (χ4v) is 4.30. The van der Waals surface area contributed by atoms with Crippen LogP contribution in [0.25, 0.3) is 11.1 Å². The van der Waals surface area contributed by atoms with E-state index >= 15 is 0 Å².